The van der Waals surface area contributed by atoms with Crippen molar-refractivity contribution in [2.45, 2.75) is 38.3 Å². The van der Waals surface area contributed by atoms with Crippen LogP contribution in [0.3, 0.4) is 0 Å². The van der Waals surface area contributed by atoms with E-state index in [-0.39, 0.29) is 5.60 Å². The molecule has 0 radical (unpaired) electrons. The van der Waals surface area contributed by atoms with Crippen molar-refractivity contribution in [2.24, 2.45) is 0 Å². The van der Waals surface area contributed by atoms with Gasteiger partial charge in [0, 0.05) is 6.20 Å². The van der Waals surface area contributed by atoms with Crippen LogP contribution in [0, 0.1) is 0 Å². The van der Waals surface area contributed by atoms with Crippen molar-refractivity contribution in [3.63, 3.8) is 0 Å². The number of hydrogen-bond donors (Lipinski definition) is 2. The molecule has 1 fully saturated rings. The third-order valence-corrected chi connectivity index (χ3v) is 4.02. The lowest BCUT2D eigenvalue weighted by atomic mass is 9.82. The zero-order chi connectivity index (χ0) is 14.7. The molecule has 0 amide bonds. The summed E-state index contributed by atoms with van der Waals surface area (Å²) in [5.74, 6) is 0.767. The van der Waals surface area contributed by atoms with Crippen molar-refractivity contribution >= 4 is 11.4 Å². The number of benzene rings is 1. The maximum absolute atomic E-state index is 6.23. The van der Waals surface area contributed by atoms with Crippen LogP contribution in [0.2, 0.25) is 0 Å². The van der Waals surface area contributed by atoms with Crippen molar-refractivity contribution in [2.75, 3.05) is 11.1 Å². The maximum Gasteiger partial charge on any atom is 0.145 e. The molecule has 4 nitrogen and oxygen atoms in total. The minimum Gasteiger partial charge on any atom is -0.485 e. The van der Waals surface area contributed by atoms with Gasteiger partial charge in [-0.1, -0.05) is 12.1 Å². The van der Waals surface area contributed by atoms with E-state index in [0.717, 1.165) is 30.0 Å². The highest BCUT2D eigenvalue weighted by molar-refractivity contribution is 5.73. The van der Waals surface area contributed by atoms with E-state index in [1.165, 1.54) is 6.42 Å². The second-order valence-electron chi connectivity index (χ2n) is 5.80. The van der Waals surface area contributed by atoms with Crippen molar-refractivity contribution in [1.82, 2.24) is 4.98 Å². The first-order valence-electron chi connectivity index (χ1n) is 7.38. The van der Waals surface area contributed by atoms with E-state index in [4.69, 9.17) is 10.5 Å². The zero-order valence-corrected chi connectivity index (χ0v) is 12.3. The number of nitrogens with one attached hydrogen (secondary N) is 1. The SMILES string of the molecule is CC1(Oc2cccc(NCc3ccccn3)c2N)CCC1. The van der Waals surface area contributed by atoms with Crippen molar-refractivity contribution in [3.8, 4) is 5.75 Å². The number of aromatic nitrogens is 1. The fourth-order valence-corrected chi connectivity index (χ4v) is 2.52. The lowest BCUT2D eigenvalue weighted by molar-refractivity contribution is 0.0120. The third-order valence-electron chi connectivity index (χ3n) is 4.02. The molecule has 3 rings (SSSR count). The standard InChI is InChI=1S/C17H21N3O/c1-17(9-5-10-17)21-15-8-4-7-14(16(15)18)20-12-13-6-2-3-11-19-13/h2-4,6-8,11,20H,5,9-10,12,18H2,1H3. The number of rotatable bonds is 5. The Morgan fingerprint density at radius 2 is 2.10 bits per heavy atom. The van der Waals surface area contributed by atoms with Crippen LogP contribution < -0.4 is 15.8 Å². The number of anilines is 2. The molecule has 0 spiro atoms. The van der Waals surface area contributed by atoms with Crippen LogP contribution in [0.4, 0.5) is 11.4 Å². The van der Waals surface area contributed by atoms with Gasteiger partial charge in [-0.3, -0.25) is 4.98 Å². The summed E-state index contributed by atoms with van der Waals surface area (Å²) >= 11 is 0. The Kier molecular flexibility index (Phi) is 3.69. The number of nitrogens with zero attached hydrogens (tertiary/aromatic N) is 1. The van der Waals surface area contributed by atoms with Crippen molar-refractivity contribution in [3.05, 3.63) is 48.3 Å². The molecule has 2 aromatic rings. The van der Waals surface area contributed by atoms with Gasteiger partial charge in [0.05, 0.1) is 23.6 Å². The Bertz CT molecular complexity index is 609. The van der Waals surface area contributed by atoms with Gasteiger partial charge in [-0.05, 0) is 50.5 Å². The van der Waals surface area contributed by atoms with Crippen molar-refractivity contribution in [1.29, 1.82) is 0 Å². The first-order chi connectivity index (χ1) is 10.2. The number of nitrogen functional groups attached to an aromatic ring is 1. The summed E-state index contributed by atoms with van der Waals surface area (Å²) in [6.07, 6.45) is 5.21. The van der Waals surface area contributed by atoms with E-state index in [1.54, 1.807) is 6.20 Å². The summed E-state index contributed by atoms with van der Waals surface area (Å²) in [7, 11) is 0. The van der Waals surface area contributed by atoms with Crippen LogP contribution in [0.15, 0.2) is 42.6 Å². The Hall–Kier alpha value is -2.23. The number of ether oxygens (including phenoxy) is 1. The van der Waals surface area contributed by atoms with Crippen LogP contribution in [0.5, 0.6) is 5.75 Å². The fraction of sp³-hybridized carbons (Fsp3) is 0.353. The molecule has 1 aromatic carbocycles. The summed E-state index contributed by atoms with van der Waals surface area (Å²) in [5, 5.41) is 3.32. The van der Waals surface area contributed by atoms with Crippen LogP contribution in [0.25, 0.3) is 0 Å². The molecule has 0 atom stereocenters. The highest BCUT2D eigenvalue weighted by Gasteiger charge is 2.34. The molecule has 110 valence electrons. The number of para-hydroxylation sites is 1. The molecule has 0 aliphatic heterocycles. The van der Waals surface area contributed by atoms with Crippen LogP contribution >= 0.6 is 0 Å². The first-order valence-corrected chi connectivity index (χ1v) is 7.38. The monoisotopic (exact) mass is 283 g/mol. The second kappa shape index (κ2) is 5.64. The topological polar surface area (TPSA) is 60.2 Å². The molecular weight excluding hydrogens is 262 g/mol. The summed E-state index contributed by atoms with van der Waals surface area (Å²) in [5.41, 5.74) is 8.72. The van der Waals surface area contributed by atoms with Gasteiger partial charge >= 0.3 is 0 Å². The highest BCUT2D eigenvalue weighted by atomic mass is 16.5. The van der Waals surface area contributed by atoms with Crippen LogP contribution in [-0.2, 0) is 6.54 Å². The lowest BCUT2D eigenvalue weighted by Gasteiger charge is -2.39. The van der Waals surface area contributed by atoms with Gasteiger partial charge in [0.2, 0.25) is 0 Å². The average molecular weight is 283 g/mol. The molecule has 3 N–H and O–H groups in total. The maximum atomic E-state index is 6.23. The van der Waals surface area contributed by atoms with E-state index >= 15 is 0 Å². The van der Waals surface area contributed by atoms with Gasteiger partial charge < -0.3 is 15.8 Å². The molecule has 21 heavy (non-hydrogen) atoms. The minimum atomic E-state index is -0.0479. The Balaban J connectivity index is 1.71. The molecule has 0 unspecified atom stereocenters. The number of hydrogen-bond acceptors (Lipinski definition) is 4. The van der Waals surface area contributed by atoms with E-state index < -0.39 is 0 Å². The fourth-order valence-electron chi connectivity index (χ4n) is 2.52. The molecule has 0 bridgehead atoms. The van der Waals surface area contributed by atoms with Gasteiger partial charge in [0.1, 0.15) is 11.4 Å². The predicted octanol–water partition coefficient (Wildman–Crippen LogP) is 3.60. The van der Waals surface area contributed by atoms with Crippen LogP contribution in [-0.4, -0.2) is 10.6 Å². The molecule has 1 aliphatic carbocycles. The summed E-state index contributed by atoms with van der Waals surface area (Å²) in [4.78, 5) is 4.29. The minimum absolute atomic E-state index is 0.0479. The summed E-state index contributed by atoms with van der Waals surface area (Å²) < 4.78 is 6.08. The summed E-state index contributed by atoms with van der Waals surface area (Å²) in [6, 6.07) is 11.7. The van der Waals surface area contributed by atoms with E-state index in [0.29, 0.717) is 12.2 Å². The highest BCUT2D eigenvalue weighted by Crippen LogP contribution is 2.39. The van der Waals surface area contributed by atoms with E-state index in [1.807, 2.05) is 36.4 Å². The van der Waals surface area contributed by atoms with Gasteiger partial charge in [-0.2, -0.15) is 0 Å². The van der Waals surface area contributed by atoms with E-state index in [9.17, 15) is 0 Å². The van der Waals surface area contributed by atoms with Gasteiger partial charge in [0.25, 0.3) is 0 Å². The molecular formula is C17H21N3O. The van der Waals surface area contributed by atoms with Gasteiger partial charge in [-0.15, -0.1) is 0 Å². The van der Waals surface area contributed by atoms with Crippen LogP contribution in [0.1, 0.15) is 31.9 Å². The van der Waals surface area contributed by atoms with E-state index in [2.05, 4.69) is 17.2 Å². The predicted molar refractivity (Wildman–Crippen MR) is 85.3 cm³/mol. The zero-order valence-electron chi connectivity index (χ0n) is 12.3. The Morgan fingerprint density at radius 1 is 1.24 bits per heavy atom. The smallest absolute Gasteiger partial charge is 0.145 e. The van der Waals surface area contributed by atoms with Gasteiger partial charge in [-0.25, -0.2) is 0 Å². The molecule has 0 saturated heterocycles. The molecule has 1 aliphatic rings. The summed E-state index contributed by atoms with van der Waals surface area (Å²) in [6.45, 7) is 2.79. The van der Waals surface area contributed by atoms with Crippen molar-refractivity contribution < 1.29 is 4.74 Å². The average Bonchev–Trinajstić information content (AvgIpc) is 2.47. The molecule has 4 heteroatoms. The molecule has 1 heterocycles. The second-order valence-corrected chi connectivity index (χ2v) is 5.80. The molecule has 1 aromatic heterocycles. The number of pyridine rings is 1. The third kappa shape index (κ3) is 3.10. The Morgan fingerprint density at radius 3 is 2.76 bits per heavy atom. The number of nitrogens with two attached hydrogens (primary N) is 1. The first kappa shape index (κ1) is 13.7. The lowest BCUT2D eigenvalue weighted by Crippen LogP contribution is -2.39. The largest absolute Gasteiger partial charge is 0.485 e. The normalized spacial score (nSPS) is 16.0. The quantitative estimate of drug-likeness (QED) is 0.823. The van der Waals surface area contributed by atoms with Gasteiger partial charge in [0.15, 0.2) is 0 Å². The Labute approximate surface area is 125 Å². The molecule has 1 saturated carbocycles.